The van der Waals surface area contributed by atoms with Crippen LogP contribution in [0.4, 0.5) is 0 Å². The number of nitrogens with one attached hydrogen (secondary N) is 1. The molecule has 0 spiro atoms. The maximum absolute atomic E-state index is 5.43. The molecule has 0 atom stereocenters. The van der Waals surface area contributed by atoms with Crippen LogP contribution in [0.25, 0.3) is 0 Å². The smallest absolute Gasteiger partial charge is 0.174 e. The van der Waals surface area contributed by atoms with Crippen molar-refractivity contribution < 1.29 is 9.47 Å². The fourth-order valence-corrected chi connectivity index (χ4v) is 3.21. The monoisotopic (exact) mass is 227 g/mol. The molecule has 0 unspecified atom stereocenters. The highest BCUT2D eigenvalue weighted by Crippen LogP contribution is 2.43. The molecule has 0 bridgehead atoms. The van der Waals surface area contributed by atoms with Crippen LogP contribution in [0.1, 0.15) is 23.6 Å². The highest BCUT2D eigenvalue weighted by Gasteiger charge is 2.23. The minimum absolute atomic E-state index is 0.634. The Hall–Kier alpha value is -0.740. The van der Waals surface area contributed by atoms with Gasteiger partial charge in [-0.3, -0.25) is 0 Å². The lowest BCUT2D eigenvalue weighted by atomic mass is 9.96. The van der Waals surface area contributed by atoms with Crippen molar-refractivity contribution in [3.8, 4) is 11.5 Å². The molecule has 0 aromatic carbocycles. The van der Waals surface area contributed by atoms with E-state index in [0.29, 0.717) is 5.92 Å². The van der Waals surface area contributed by atoms with Gasteiger partial charge in [-0.1, -0.05) is 0 Å². The molecule has 84 valence electrons. The van der Waals surface area contributed by atoms with Crippen molar-refractivity contribution in [2.75, 3.05) is 27.3 Å². The van der Waals surface area contributed by atoms with Gasteiger partial charge in [0, 0.05) is 5.38 Å². The van der Waals surface area contributed by atoms with E-state index in [9.17, 15) is 0 Å². The van der Waals surface area contributed by atoms with Crippen LogP contribution in [-0.4, -0.2) is 27.3 Å². The van der Waals surface area contributed by atoms with E-state index >= 15 is 0 Å². The number of piperidine rings is 1. The molecule has 3 nitrogen and oxygen atoms in total. The molecular weight excluding hydrogens is 210 g/mol. The summed E-state index contributed by atoms with van der Waals surface area (Å²) in [6.07, 6.45) is 2.39. The molecule has 1 fully saturated rings. The van der Waals surface area contributed by atoms with Gasteiger partial charge in [0.15, 0.2) is 11.5 Å². The number of ether oxygens (including phenoxy) is 2. The second-order valence-corrected chi connectivity index (χ2v) is 4.64. The van der Waals surface area contributed by atoms with Gasteiger partial charge in [0.05, 0.1) is 19.1 Å². The van der Waals surface area contributed by atoms with E-state index < -0.39 is 0 Å². The fourth-order valence-electron chi connectivity index (χ4n) is 2.05. The van der Waals surface area contributed by atoms with E-state index in [1.54, 1.807) is 25.6 Å². The molecule has 2 heterocycles. The van der Waals surface area contributed by atoms with Crippen molar-refractivity contribution in [2.24, 2.45) is 0 Å². The van der Waals surface area contributed by atoms with Gasteiger partial charge in [-0.2, -0.15) is 0 Å². The first kappa shape index (κ1) is 10.8. The average molecular weight is 227 g/mol. The number of rotatable bonds is 3. The first-order valence-electron chi connectivity index (χ1n) is 5.27. The molecule has 1 saturated heterocycles. The molecule has 4 heteroatoms. The zero-order chi connectivity index (χ0) is 10.7. The van der Waals surface area contributed by atoms with E-state index in [2.05, 4.69) is 5.32 Å². The predicted molar refractivity (Wildman–Crippen MR) is 62.3 cm³/mol. The van der Waals surface area contributed by atoms with E-state index in [1.165, 1.54) is 17.7 Å². The van der Waals surface area contributed by atoms with Gasteiger partial charge in [0.2, 0.25) is 0 Å². The van der Waals surface area contributed by atoms with E-state index in [1.807, 2.05) is 5.38 Å². The molecule has 0 saturated carbocycles. The summed E-state index contributed by atoms with van der Waals surface area (Å²) in [5.41, 5.74) is 0. The molecule has 1 aromatic rings. The number of thiophene rings is 1. The Bertz CT molecular complexity index is 318. The maximum Gasteiger partial charge on any atom is 0.174 e. The van der Waals surface area contributed by atoms with Crippen molar-refractivity contribution in [1.82, 2.24) is 5.32 Å². The summed E-state index contributed by atoms with van der Waals surface area (Å²) in [5.74, 6) is 2.44. The highest BCUT2D eigenvalue weighted by atomic mass is 32.1. The molecule has 0 radical (unpaired) electrons. The molecule has 15 heavy (non-hydrogen) atoms. The molecule has 1 aromatic heterocycles. The van der Waals surface area contributed by atoms with Crippen molar-refractivity contribution in [1.29, 1.82) is 0 Å². The Kier molecular flexibility index (Phi) is 3.49. The number of hydrogen-bond acceptors (Lipinski definition) is 4. The normalized spacial score (nSPS) is 17.7. The Labute approximate surface area is 94.4 Å². The first-order chi connectivity index (χ1) is 7.36. The lowest BCUT2D eigenvalue weighted by Gasteiger charge is -2.22. The summed E-state index contributed by atoms with van der Waals surface area (Å²) in [6.45, 7) is 2.21. The van der Waals surface area contributed by atoms with Gasteiger partial charge in [-0.15, -0.1) is 11.3 Å². The van der Waals surface area contributed by atoms with Gasteiger partial charge in [-0.05, 0) is 31.8 Å². The summed E-state index contributed by atoms with van der Waals surface area (Å²) in [6, 6.07) is 0. The second-order valence-electron chi connectivity index (χ2n) is 3.73. The van der Waals surface area contributed by atoms with Crippen LogP contribution in [0.3, 0.4) is 0 Å². The zero-order valence-electron chi connectivity index (χ0n) is 9.21. The van der Waals surface area contributed by atoms with Crippen LogP contribution in [0, 0.1) is 0 Å². The molecular formula is C11H17NO2S. The van der Waals surface area contributed by atoms with Crippen LogP contribution in [-0.2, 0) is 0 Å². The molecule has 1 N–H and O–H groups in total. The summed E-state index contributed by atoms with van der Waals surface area (Å²) >= 11 is 1.75. The Morgan fingerprint density at radius 2 is 2.00 bits per heavy atom. The SMILES string of the molecule is COc1csc(C2CCNCC2)c1OC. The number of hydrogen-bond donors (Lipinski definition) is 1. The van der Waals surface area contributed by atoms with Gasteiger partial charge < -0.3 is 14.8 Å². The Balaban J connectivity index is 2.22. The van der Waals surface area contributed by atoms with Crippen LogP contribution < -0.4 is 14.8 Å². The molecule has 0 aliphatic carbocycles. The topological polar surface area (TPSA) is 30.5 Å². The van der Waals surface area contributed by atoms with Crippen molar-refractivity contribution >= 4 is 11.3 Å². The minimum atomic E-state index is 0.634. The molecule has 1 aliphatic heterocycles. The van der Waals surface area contributed by atoms with E-state index in [-0.39, 0.29) is 0 Å². The average Bonchev–Trinajstić information content (AvgIpc) is 2.72. The number of methoxy groups -OCH3 is 2. The predicted octanol–water partition coefficient (Wildman–Crippen LogP) is 2.23. The Morgan fingerprint density at radius 3 is 2.60 bits per heavy atom. The van der Waals surface area contributed by atoms with Crippen LogP contribution in [0.2, 0.25) is 0 Å². The lowest BCUT2D eigenvalue weighted by molar-refractivity contribution is 0.349. The molecule has 0 amide bonds. The summed E-state index contributed by atoms with van der Waals surface area (Å²) in [4.78, 5) is 1.34. The summed E-state index contributed by atoms with van der Waals surface area (Å²) in [5, 5.41) is 5.41. The largest absolute Gasteiger partial charge is 0.492 e. The van der Waals surface area contributed by atoms with Gasteiger partial charge in [-0.25, -0.2) is 0 Å². The third-order valence-corrected chi connectivity index (χ3v) is 3.98. The highest BCUT2D eigenvalue weighted by molar-refractivity contribution is 7.10. The maximum atomic E-state index is 5.43. The third-order valence-electron chi connectivity index (χ3n) is 2.87. The van der Waals surface area contributed by atoms with Crippen LogP contribution in [0.5, 0.6) is 11.5 Å². The fraction of sp³-hybridized carbons (Fsp3) is 0.636. The van der Waals surface area contributed by atoms with Gasteiger partial charge in [0.1, 0.15) is 0 Å². The van der Waals surface area contributed by atoms with Crippen molar-refractivity contribution in [3.05, 3.63) is 10.3 Å². The van der Waals surface area contributed by atoms with E-state index in [4.69, 9.17) is 9.47 Å². The zero-order valence-corrected chi connectivity index (χ0v) is 10.0. The van der Waals surface area contributed by atoms with E-state index in [0.717, 1.165) is 24.6 Å². The van der Waals surface area contributed by atoms with Gasteiger partial charge >= 0.3 is 0 Å². The summed E-state index contributed by atoms with van der Waals surface area (Å²) in [7, 11) is 3.41. The standard InChI is InChI=1S/C11H17NO2S/c1-13-9-7-15-11(10(9)14-2)8-3-5-12-6-4-8/h7-8,12H,3-6H2,1-2H3. The van der Waals surface area contributed by atoms with Crippen LogP contribution >= 0.6 is 11.3 Å². The molecule has 2 rings (SSSR count). The van der Waals surface area contributed by atoms with Crippen LogP contribution in [0.15, 0.2) is 5.38 Å². The lowest BCUT2D eigenvalue weighted by Crippen LogP contribution is -2.26. The Morgan fingerprint density at radius 1 is 1.27 bits per heavy atom. The quantitative estimate of drug-likeness (QED) is 0.859. The second kappa shape index (κ2) is 4.86. The molecule has 1 aliphatic rings. The third kappa shape index (κ3) is 2.11. The van der Waals surface area contributed by atoms with Crippen molar-refractivity contribution in [2.45, 2.75) is 18.8 Å². The minimum Gasteiger partial charge on any atom is -0.492 e. The first-order valence-corrected chi connectivity index (χ1v) is 6.15. The van der Waals surface area contributed by atoms with Crippen molar-refractivity contribution in [3.63, 3.8) is 0 Å². The summed E-state index contributed by atoms with van der Waals surface area (Å²) < 4.78 is 10.7. The van der Waals surface area contributed by atoms with Gasteiger partial charge in [0.25, 0.3) is 0 Å².